The van der Waals surface area contributed by atoms with Gasteiger partial charge in [-0.05, 0) is 26.0 Å². The van der Waals surface area contributed by atoms with Crippen LogP contribution < -0.4 is 0 Å². The molecule has 0 aliphatic carbocycles. The van der Waals surface area contributed by atoms with E-state index in [-0.39, 0.29) is 24.0 Å². The zero-order valence-electron chi connectivity index (χ0n) is 13.0. The lowest BCUT2D eigenvalue weighted by atomic mass is 10.1. The molecule has 1 amide bonds. The van der Waals surface area contributed by atoms with Crippen molar-refractivity contribution in [3.8, 4) is 0 Å². The number of benzene rings is 1. The highest BCUT2D eigenvalue weighted by Crippen LogP contribution is 2.12. The van der Waals surface area contributed by atoms with Crippen LogP contribution in [0.1, 0.15) is 22.8 Å². The normalized spacial score (nSPS) is 15.7. The Balaban J connectivity index is 1.89. The Morgan fingerprint density at radius 2 is 1.91 bits per heavy atom. The number of amides is 1. The quantitative estimate of drug-likeness (QED) is 0.799. The summed E-state index contributed by atoms with van der Waals surface area (Å²) in [4.78, 5) is 27.4. The van der Waals surface area contributed by atoms with E-state index in [9.17, 15) is 14.0 Å². The zero-order chi connectivity index (χ0) is 16.1. The third kappa shape index (κ3) is 4.04. The second-order valence-corrected chi connectivity index (χ2v) is 5.37. The largest absolute Gasteiger partial charge is 0.450 e. The van der Waals surface area contributed by atoms with Gasteiger partial charge in [-0.1, -0.05) is 11.6 Å². The van der Waals surface area contributed by atoms with Crippen LogP contribution in [0.5, 0.6) is 0 Å². The topological polar surface area (TPSA) is 49.9 Å². The molecule has 0 aromatic heterocycles. The highest BCUT2D eigenvalue weighted by atomic mass is 19.1. The number of ether oxygens (including phenoxy) is 1. The molecule has 1 aromatic carbocycles. The first-order chi connectivity index (χ1) is 10.5. The molecule has 22 heavy (non-hydrogen) atoms. The van der Waals surface area contributed by atoms with Crippen molar-refractivity contribution in [2.24, 2.45) is 0 Å². The number of halogens is 1. The van der Waals surface area contributed by atoms with Crippen LogP contribution in [0.2, 0.25) is 0 Å². The molecule has 0 atom stereocenters. The van der Waals surface area contributed by atoms with Gasteiger partial charge < -0.3 is 9.64 Å². The van der Waals surface area contributed by atoms with Crippen LogP contribution in [0.3, 0.4) is 0 Å². The van der Waals surface area contributed by atoms with Gasteiger partial charge in [0.2, 0.25) is 0 Å². The molecule has 0 N–H and O–H groups in total. The molecule has 120 valence electrons. The van der Waals surface area contributed by atoms with Crippen LogP contribution in [0, 0.1) is 12.7 Å². The molecule has 1 aliphatic heterocycles. The molecule has 1 fully saturated rings. The van der Waals surface area contributed by atoms with E-state index in [4.69, 9.17) is 4.74 Å². The third-order valence-corrected chi connectivity index (χ3v) is 3.69. The van der Waals surface area contributed by atoms with Crippen molar-refractivity contribution < 1.29 is 18.7 Å². The molecule has 1 aromatic rings. The van der Waals surface area contributed by atoms with Crippen LogP contribution in [0.15, 0.2) is 18.2 Å². The molecule has 2 rings (SSSR count). The standard InChI is InChI=1S/C16H21FN2O3/c1-3-22-16(21)19-8-6-18(7-9-19)11-15(20)13-10-12(2)4-5-14(13)17/h4-5,10H,3,6-9,11H2,1-2H3. The monoisotopic (exact) mass is 308 g/mol. The molecule has 0 spiro atoms. The van der Waals surface area contributed by atoms with Gasteiger partial charge in [0.25, 0.3) is 0 Å². The second-order valence-electron chi connectivity index (χ2n) is 5.37. The van der Waals surface area contributed by atoms with Gasteiger partial charge in [0, 0.05) is 26.2 Å². The number of carbonyl (C=O) groups is 2. The Morgan fingerprint density at radius 3 is 2.55 bits per heavy atom. The maximum atomic E-state index is 13.7. The minimum atomic E-state index is -0.485. The lowest BCUT2D eigenvalue weighted by Crippen LogP contribution is -2.50. The number of rotatable bonds is 4. The van der Waals surface area contributed by atoms with Gasteiger partial charge in [-0.15, -0.1) is 0 Å². The summed E-state index contributed by atoms with van der Waals surface area (Å²) in [5.74, 6) is -0.716. The van der Waals surface area contributed by atoms with E-state index in [2.05, 4.69) is 0 Å². The number of aryl methyl sites for hydroxylation is 1. The average molecular weight is 308 g/mol. The lowest BCUT2D eigenvalue weighted by molar-refractivity contribution is 0.0731. The van der Waals surface area contributed by atoms with E-state index >= 15 is 0 Å². The van der Waals surface area contributed by atoms with Crippen molar-refractivity contribution in [2.75, 3.05) is 39.3 Å². The highest BCUT2D eigenvalue weighted by Gasteiger charge is 2.24. The first kappa shape index (κ1) is 16.4. The minimum absolute atomic E-state index is 0.132. The maximum Gasteiger partial charge on any atom is 0.409 e. The molecule has 1 aliphatic rings. The number of nitrogens with zero attached hydrogens (tertiary/aromatic N) is 2. The summed E-state index contributed by atoms with van der Waals surface area (Å²) in [6.45, 7) is 6.31. The van der Waals surface area contributed by atoms with Gasteiger partial charge in [-0.3, -0.25) is 9.69 Å². The minimum Gasteiger partial charge on any atom is -0.450 e. The fourth-order valence-electron chi connectivity index (χ4n) is 2.44. The zero-order valence-corrected chi connectivity index (χ0v) is 13.0. The summed E-state index contributed by atoms with van der Waals surface area (Å²) in [5.41, 5.74) is 0.990. The predicted molar refractivity (Wildman–Crippen MR) is 80.5 cm³/mol. The Hall–Kier alpha value is -1.95. The summed E-state index contributed by atoms with van der Waals surface area (Å²) in [6, 6.07) is 4.54. The summed E-state index contributed by atoms with van der Waals surface area (Å²) in [7, 11) is 0. The molecule has 0 unspecified atom stereocenters. The van der Waals surface area contributed by atoms with Gasteiger partial charge in [0.05, 0.1) is 18.7 Å². The smallest absolute Gasteiger partial charge is 0.409 e. The molecule has 0 radical (unpaired) electrons. The maximum absolute atomic E-state index is 13.7. The van der Waals surface area contributed by atoms with Crippen LogP contribution in [-0.2, 0) is 4.74 Å². The van der Waals surface area contributed by atoms with Crippen LogP contribution in [-0.4, -0.2) is 61.0 Å². The SMILES string of the molecule is CCOC(=O)N1CCN(CC(=O)c2cc(C)ccc2F)CC1. The van der Waals surface area contributed by atoms with Crippen LogP contribution in [0.25, 0.3) is 0 Å². The van der Waals surface area contributed by atoms with Crippen molar-refractivity contribution in [1.29, 1.82) is 0 Å². The van der Waals surface area contributed by atoms with Gasteiger partial charge in [0.15, 0.2) is 5.78 Å². The summed E-state index contributed by atoms with van der Waals surface area (Å²) in [5, 5.41) is 0. The predicted octanol–water partition coefficient (Wildman–Crippen LogP) is 2.09. The van der Waals surface area contributed by atoms with E-state index in [1.54, 1.807) is 24.0 Å². The van der Waals surface area contributed by atoms with Crippen LogP contribution >= 0.6 is 0 Å². The van der Waals surface area contributed by atoms with Gasteiger partial charge in [-0.25, -0.2) is 9.18 Å². The fourth-order valence-corrected chi connectivity index (χ4v) is 2.44. The Bertz CT molecular complexity index is 554. The van der Waals surface area contributed by atoms with E-state index in [0.29, 0.717) is 32.8 Å². The van der Waals surface area contributed by atoms with Gasteiger partial charge >= 0.3 is 6.09 Å². The van der Waals surface area contributed by atoms with E-state index < -0.39 is 5.82 Å². The average Bonchev–Trinajstić information content (AvgIpc) is 2.50. The van der Waals surface area contributed by atoms with E-state index in [1.807, 2.05) is 11.8 Å². The third-order valence-electron chi connectivity index (χ3n) is 3.69. The molecule has 5 nitrogen and oxygen atoms in total. The first-order valence-corrected chi connectivity index (χ1v) is 7.44. The molecular formula is C16H21FN2O3. The molecule has 0 saturated carbocycles. The van der Waals surface area contributed by atoms with Crippen molar-refractivity contribution >= 4 is 11.9 Å². The second kappa shape index (κ2) is 7.35. The van der Waals surface area contributed by atoms with Crippen molar-refractivity contribution in [3.63, 3.8) is 0 Å². The number of carbonyl (C=O) groups excluding carboxylic acids is 2. The van der Waals surface area contributed by atoms with Crippen molar-refractivity contribution in [3.05, 3.63) is 35.1 Å². The summed E-state index contributed by atoms with van der Waals surface area (Å²) < 4.78 is 18.7. The number of hydrogen-bond acceptors (Lipinski definition) is 4. The highest BCUT2D eigenvalue weighted by molar-refractivity contribution is 5.98. The van der Waals surface area contributed by atoms with Gasteiger partial charge in [0.1, 0.15) is 5.82 Å². The molecule has 6 heteroatoms. The number of Topliss-reactive ketones (excluding diaryl/α,β-unsaturated/α-hetero) is 1. The summed E-state index contributed by atoms with van der Waals surface area (Å²) in [6.07, 6.45) is -0.321. The Kier molecular flexibility index (Phi) is 5.49. The first-order valence-electron chi connectivity index (χ1n) is 7.44. The molecule has 1 saturated heterocycles. The molecule has 1 heterocycles. The fraction of sp³-hybridized carbons (Fsp3) is 0.500. The lowest BCUT2D eigenvalue weighted by Gasteiger charge is -2.33. The van der Waals surface area contributed by atoms with Crippen molar-refractivity contribution in [2.45, 2.75) is 13.8 Å². The van der Waals surface area contributed by atoms with Gasteiger partial charge in [-0.2, -0.15) is 0 Å². The number of hydrogen-bond donors (Lipinski definition) is 0. The Labute approximate surface area is 129 Å². The van der Waals surface area contributed by atoms with E-state index in [1.165, 1.54) is 6.07 Å². The Morgan fingerprint density at radius 1 is 1.23 bits per heavy atom. The molecule has 0 bridgehead atoms. The number of piperazine rings is 1. The van der Waals surface area contributed by atoms with Crippen molar-refractivity contribution in [1.82, 2.24) is 9.80 Å². The molecular weight excluding hydrogens is 287 g/mol. The summed E-state index contributed by atoms with van der Waals surface area (Å²) >= 11 is 0. The van der Waals surface area contributed by atoms with Crippen LogP contribution in [0.4, 0.5) is 9.18 Å². The number of ketones is 1. The van der Waals surface area contributed by atoms with E-state index in [0.717, 1.165) is 5.56 Å².